The molecule has 132 valence electrons. The Morgan fingerprint density at radius 2 is 2.12 bits per heavy atom. The van der Waals surface area contributed by atoms with Gasteiger partial charge in [0.1, 0.15) is 24.7 Å². The highest BCUT2D eigenvalue weighted by Crippen LogP contribution is 2.12. The van der Waals surface area contributed by atoms with Crippen LogP contribution in [-0.4, -0.2) is 37.5 Å². The molecule has 9 heteroatoms. The summed E-state index contributed by atoms with van der Waals surface area (Å²) >= 11 is 0. The third-order valence-corrected chi connectivity index (χ3v) is 3.64. The highest BCUT2D eigenvalue weighted by molar-refractivity contribution is 5.88. The van der Waals surface area contributed by atoms with Gasteiger partial charge in [-0.15, -0.1) is 10.2 Å². The topological polar surface area (TPSA) is 102 Å². The van der Waals surface area contributed by atoms with Crippen LogP contribution >= 0.6 is 0 Å². The van der Waals surface area contributed by atoms with E-state index in [0.29, 0.717) is 37.1 Å². The predicted molar refractivity (Wildman–Crippen MR) is 88.8 cm³/mol. The van der Waals surface area contributed by atoms with E-state index in [1.807, 2.05) is 26.0 Å². The molecule has 1 N–H and O–H groups in total. The molecule has 0 unspecified atom stereocenters. The number of nitrogens with one attached hydrogen (secondary N) is 1. The summed E-state index contributed by atoms with van der Waals surface area (Å²) in [7, 11) is 0. The Bertz CT molecular complexity index is 808. The molecule has 3 aromatic heterocycles. The van der Waals surface area contributed by atoms with E-state index in [1.54, 1.807) is 28.1 Å². The summed E-state index contributed by atoms with van der Waals surface area (Å²) in [6, 6.07) is 5.13. The number of carbonyl (C=O) groups excluding carboxylic acids is 1. The molecule has 0 atom stereocenters. The number of nitrogens with zero attached hydrogens (tertiary/aromatic N) is 5. The van der Waals surface area contributed by atoms with Gasteiger partial charge in [-0.3, -0.25) is 5.32 Å². The SMILES string of the molecule is CCc1nnc(CN(CC)C(=O)Nc2ccnn2Cc2ccco2)o1. The maximum absolute atomic E-state index is 12.5. The Labute approximate surface area is 144 Å². The molecule has 3 aromatic rings. The Kier molecular flexibility index (Phi) is 5.12. The number of anilines is 1. The van der Waals surface area contributed by atoms with Crippen LogP contribution in [0.5, 0.6) is 0 Å². The van der Waals surface area contributed by atoms with Crippen LogP contribution in [0.4, 0.5) is 10.6 Å². The summed E-state index contributed by atoms with van der Waals surface area (Å²) in [5.41, 5.74) is 0. The molecule has 0 saturated carbocycles. The van der Waals surface area contributed by atoms with Crippen LogP contribution in [0.3, 0.4) is 0 Å². The summed E-state index contributed by atoms with van der Waals surface area (Å²) < 4.78 is 12.4. The van der Waals surface area contributed by atoms with Gasteiger partial charge in [0.05, 0.1) is 12.5 Å². The average molecular weight is 344 g/mol. The van der Waals surface area contributed by atoms with E-state index in [-0.39, 0.29) is 12.6 Å². The minimum absolute atomic E-state index is 0.252. The van der Waals surface area contributed by atoms with Gasteiger partial charge in [0, 0.05) is 19.0 Å². The molecule has 0 spiro atoms. The zero-order valence-corrected chi connectivity index (χ0v) is 14.2. The number of hydrogen-bond donors (Lipinski definition) is 1. The lowest BCUT2D eigenvalue weighted by atomic mass is 10.4. The molecule has 0 aliphatic heterocycles. The molecule has 25 heavy (non-hydrogen) atoms. The molecule has 3 rings (SSSR count). The van der Waals surface area contributed by atoms with Crippen molar-refractivity contribution in [3.8, 4) is 0 Å². The van der Waals surface area contributed by atoms with Crippen molar-refractivity contribution in [1.82, 2.24) is 24.9 Å². The average Bonchev–Trinajstić information content (AvgIpc) is 3.36. The Morgan fingerprint density at radius 1 is 1.28 bits per heavy atom. The molecular weight excluding hydrogens is 324 g/mol. The largest absolute Gasteiger partial charge is 0.467 e. The number of furan rings is 1. The first-order valence-electron chi connectivity index (χ1n) is 8.11. The first kappa shape index (κ1) is 16.7. The molecule has 0 saturated heterocycles. The molecule has 0 bridgehead atoms. The number of amides is 2. The van der Waals surface area contributed by atoms with Crippen molar-refractivity contribution < 1.29 is 13.6 Å². The van der Waals surface area contributed by atoms with Crippen LogP contribution in [0.15, 0.2) is 39.5 Å². The number of hydrogen-bond acceptors (Lipinski definition) is 6. The summed E-state index contributed by atoms with van der Waals surface area (Å²) in [6.07, 6.45) is 3.89. The fourth-order valence-corrected chi connectivity index (χ4v) is 2.29. The summed E-state index contributed by atoms with van der Waals surface area (Å²) in [5, 5.41) is 14.9. The van der Waals surface area contributed by atoms with Gasteiger partial charge < -0.3 is 13.7 Å². The van der Waals surface area contributed by atoms with E-state index >= 15 is 0 Å². The second kappa shape index (κ2) is 7.65. The monoisotopic (exact) mass is 344 g/mol. The highest BCUT2D eigenvalue weighted by Gasteiger charge is 2.17. The van der Waals surface area contributed by atoms with Crippen LogP contribution in [0.25, 0.3) is 0 Å². The van der Waals surface area contributed by atoms with Crippen LogP contribution in [0.2, 0.25) is 0 Å². The van der Waals surface area contributed by atoms with Crippen molar-refractivity contribution in [2.24, 2.45) is 0 Å². The fourth-order valence-electron chi connectivity index (χ4n) is 2.29. The van der Waals surface area contributed by atoms with Gasteiger partial charge in [0.25, 0.3) is 0 Å². The Morgan fingerprint density at radius 3 is 2.80 bits per heavy atom. The molecule has 9 nitrogen and oxygen atoms in total. The van der Waals surface area contributed by atoms with Crippen molar-refractivity contribution in [3.05, 3.63) is 48.2 Å². The van der Waals surface area contributed by atoms with E-state index in [1.165, 1.54) is 0 Å². The molecule has 0 fully saturated rings. The molecule has 0 aliphatic carbocycles. The first-order chi connectivity index (χ1) is 12.2. The number of aryl methyl sites for hydroxylation is 1. The fraction of sp³-hybridized carbons (Fsp3) is 0.375. The third-order valence-electron chi connectivity index (χ3n) is 3.64. The highest BCUT2D eigenvalue weighted by atomic mass is 16.4. The normalized spacial score (nSPS) is 10.8. The van der Waals surface area contributed by atoms with Crippen molar-refractivity contribution in [3.63, 3.8) is 0 Å². The lowest BCUT2D eigenvalue weighted by Crippen LogP contribution is -2.35. The second-order valence-corrected chi connectivity index (χ2v) is 5.34. The van der Waals surface area contributed by atoms with Gasteiger partial charge in [-0.2, -0.15) is 5.10 Å². The van der Waals surface area contributed by atoms with E-state index in [9.17, 15) is 4.79 Å². The van der Waals surface area contributed by atoms with Crippen molar-refractivity contribution in [2.75, 3.05) is 11.9 Å². The molecule has 0 aliphatic rings. The standard InChI is InChI=1S/C16H20N6O3/c1-3-14-19-20-15(25-14)11-21(4-2)16(23)18-13-7-8-17-22(13)10-12-6-5-9-24-12/h5-9H,3-4,10-11H2,1-2H3,(H,18,23). The van der Waals surface area contributed by atoms with E-state index in [4.69, 9.17) is 8.83 Å². The Balaban J connectivity index is 1.65. The number of aromatic nitrogens is 4. The van der Waals surface area contributed by atoms with Crippen LogP contribution in [0.1, 0.15) is 31.4 Å². The van der Waals surface area contributed by atoms with E-state index in [0.717, 1.165) is 5.76 Å². The van der Waals surface area contributed by atoms with Gasteiger partial charge in [0.2, 0.25) is 11.8 Å². The maximum atomic E-state index is 12.5. The lowest BCUT2D eigenvalue weighted by Gasteiger charge is -2.19. The zero-order valence-electron chi connectivity index (χ0n) is 14.2. The number of carbonyl (C=O) groups is 1. The van der Waals surface area contributed by atoms with Crippen LogP contribution in [-0.2, 0) is 19.5 Å². The van der Waals surface area contributed by atoms with E-state index < -0.39 is 0 Å². The van der Waals surface area contributed by atoms with Gasteiger partial charge in [-0.05, 0) is 19.1 Å². The molecule has 0 aromatic carbocycles. The predicted octanol–water partition coefficient (Wildman–Crippen LogP) is 2.52. The first-order valence-corrected chi connectivity index (χ1v) is 8.11. The minimum Gasteiger partial charge on any atom is -0.467 e. The van der Waals surface area contributed by atoms with Gasteiger partial charge in [0.15, 0.2) is 0 Å². The van der Waals surface area contributed by atoms with Crippen molar-refractivity contribution >= 4 is 11.8 Å². The molecule has 0 radical (unpaired) electrons. The second-order valence-electron chi connectivity index (χ2n) is 5.34. The minimum atomic E-state index is -0.264. The molecule has 3 heterocycles. The summed E-state index contributed by atoms with van der Waals surface area (Å²) in [6.45, 7) is 5.01. The quantitative estimate of drug-likeness (QED) is 0.706. The lowest BCUT2D eigenvalue weighted by molar-refractivity contribution is 0.205. The third kappa shape index (κ3) is 4.06. The Hall–Kier alpha value is -3.10. The van der Waals surface area contributed by atoms with Crippen molar-refractivity contribution in [2.45, 2.75) is 33.4 Å². The maximum Gasteiger partial charge on any atom is 0.323 e. The van der Waals surface area contributed by atoms with Crippen LogP contribution in [0, 0.1) is 0 Å². The number of rotatable bonds is 7. The van der Waals surface area contributed by atoms with E-state index in [2.05, 4.69) is 20.6 Å². The van der Waals surface area contributed by atoms with Crippen LogP contribution < -0.4 is 5.32 Å². The summed E-state index contributed by atoms with van der Waals surface area (Å²) in [4.78, 5) is 14.1. The summed E-state index contributed by atoms with van der Waals surface area (Å²) in [5.74, 6) is 2.31. The smallest absolute Gasteiger partial charge is 0.323 e. The zero-order chi connectivity index (χ0) is 17.6. The van der Waals surface area contributed by atoms with Gasteiger partial charge in [-0.25, -0.2) is 9.48 Å². The van der Waals surface area contributed by atoms with Gasteiger partial charge >= 0.3 is 6.03 Å². The van der Waals surface area contributed by atoms with Gasteiger partial charge in [-0.1, -0.05) is 6.92 Å². The molecule has 2 amide bonds. The molecular formula is C16H20N6O3. The number of urea groups is 1. The van der Waals surface area contributed by atoms with Crippen molar-refractivity contribution in [1.29, 1.82) is 0 Å².